The van der Waals surface area contributed by atoms with E-state index in [1.54, 1.807) is 0 Å². The lowest BCUT2D eigenvalue weighted by Crippen LogP contribution is -2.00. The highest BCUT2D eigenvalue weighted by Gasteiger charge is 2.01. The Hall–Kier alpha value is -2.26. The second kappa shape index (κ2) is 5.80. The van der Waals surface area contributed by atoms with Crippen LogP contribution in [0, 0.1) is 0 Å². The van der Waals surface area contributed by atoms with E-state index in [2.05, 4.69) is 58.8 Å². The molecule has 20 heavy (non-hydrogen) atoms. The molecule has 3 heteroatoms. The Bertz CT molecular complexity index is 686. The molecule has 0 fully saturated rings. The molecule has 0 aliphatic rings. The highest BCUT2D eigenvalue weighted by molar-refractivity contribution is 5.83. The summed E-state index contributed by atoms with van der Waals surface area (Å²) in [5.41, 5.74) is 4.70. The maximum absolute atomic E-state index is 8.90. The van der Waals surface area contributed by atoms with Crippen molar-refractivity contribution in [1.29, 1.82) is 0 Å². The zero-order valence-corrected chi connectivity index (χ0v) is 11.3. The number of H-pyrrole nitrogens is 1. The predicted octanol–water partition coefficient (Wildman–Crippen LogP) is 3.31. The third-order valence-electron chi connectivity index (χ3n) is 3.52. The monoisotopic (exact) mass is 266 g/mol. The van der Waals surface area contributed by atoms with Gasteiger partial charge in [0, 0.05) is 35.9 Å². The van der Waals surface area contributed by atoms with E-state index in [4.69, 9.17) is 5.11 Å². The standard InChI is InChI=1S/C17H18N2O/c20-11-9-13-4-6-15(7-5-13)19-12-14-2-1-3-17-16(14)8-10-18-17/h1-8,10,18-20H,9,11-12H2. The number of aromatic nitrogens is 1. The first kappa shape index (κ1) is 12.8. The minimum Gasteiger partial charge on any atom is -0.396 e. The van der Waals surface area contributed by atoms with E-state index in [-0.39, 0.29) is 6.61 Å². The maximum Gasteiger partial charge on any atom is 0.0471 e. The Morgan fingerprint density at radius 2 is 1.85 bits per heavy atom. The number of hydrogen-bond acceptors (Lipinski definition) is 2. The van der Waals surface area contributed by atoms with Gasteiger partial charge in [-0.15, -0.1) is 0 Å². The summed E-state index contributed by atoms with van der Waals surface area (Å²) >= 11 is 0. The van der Waals surface area contributed by atoms with Crippen LogP contribution in [0.2, 0.25) is 0 Å². The van der Waals surface area contributed by atoms with Crippen molar-refractivity contribution in [3.8, 4) is 0 Å². The van der Waals surface area contributed by atoms with Crippen molar-refractivity contribution in [3.05, 3.63) is 65.9 Å². The van der Waals surface area contributed by atoms with Gasteiger partial charge in [-0.3, -0.25) is 0 Å². The number of hydrogen-bond donors (Lipinski definition) is 3. The van der Waals surface area contributed by atoms with Crippen LogP contribution in [0.1, 0.15) is 11.1 Å². The molecule has 3 rings (SSSR count). The van der Waals surface area contributed by atoms with Crippen LogP contribution in [0.3, 0.4) is 0 Å². The van der Waals surface area contributed by atoms with Gasteiger partial charge in [-0.05, 0) is 41.8 Å². The Morgan fingerprint density at radius 1 is 1.00 bits per heavy atom. The average Bonchev–Trinajstić information content (AvgIpc) is 2.96. The van der Waals surface area contributed by atoms with Gasteiger partial charge in [0.2, 0.25) is 0 Å². The van der Waals surface area contributed by atoms with Crippen LogP contribution in [0.25, 0.3) is 10.9 Å². The Balaban J connectivity index is 1.71. The van der Waals surface area contributed by atoms with Crippen molar-refractivity contribution in [2.45, 2.75) is 13.0 Å². The molecule has 3 aromatic rings. The molecule has 3 nitrogen and oxygen atoms in total. The Labute approximate surface area is 118 Å². The minimum absolute atomic E-state index is 0.197. The molecular formula is C17H18N2O. The summed E-state index contributed by atoms with van der Waals surface area (Å²) in [6.45, 7) is 0.997. The zero-order chi connectivity index (χ0) is 13.8. The summed E-state index contributed by atoms with van der Waals surface area (Å²) in [6.07, 6.45) is 2.68. The smallest absolute Gasteiger partial charge is 0.0471 e. The second-order valence-electron chi connectivity index (χ2n) is 4.88. The largest absolute Gasteiger partial charge is 0.396 e. The quantitative estimate of drug-likeness (QED) is 0.663. The summed E-state index contributed by atoms with van der Waals surface area (Å²) in [5.74, 6) is 0. The molecule has 0 atom stereocenters. The molecule has 1 heterocycles. The van der Waals surface area contributed by atoms with Crippen molar-refractivity contribution < 1.29 is 5.11 Å². The van der Waals surface area contributed by atoms with Crippen molar-refractivity contribution in [2.75, 3.05) is 11.9 Å². The molecule has 0 saturated heterocycles. The van der Waals surface area contributed by atoms with Crippen LogP contribution in [0.15, 0.2) is 54.7 Å². The first-order valence-corrected chi connectivity index (χ1v) is 6.85. The molecule has 0 unspecified atom stereocenters. The second-order valence-corrected chi connectivity index (χ2v) is 4.88. The molecule has 3 N–H and O–H groups in total. The van der Waals surface area contributed by atoms with E-state index in [0.29, 0.717) is 6.42 Å². The van der Waals surface area contributed by atoms with E-state index in [1.165, 1.54) is 16.5 Å². The summed E-state index contributed by atoms with van der Waals surface area (Å²) in [4.78, 5) is 3.23. The van der Waals surface area contributed by atoms with Crippen LogP contribution in [0.5, 0.6) is 0 Å². The van der Waals surface area contributed by atoms with Crippen molar-refractivity contribution in [1.82, 2.24) is 4.98 Å². The van der Waals surface area contributed by atoms with E-state index in [1.807, 2.05) is 6.20 Å². The number of benzene rings is 2. The van der Waals surface area contributed by atoms with Crippen LogP contribution < -0.4 is 5.32 Å². The molecule has 0 amide bonds. The van der Waals surface area contributed by atoms with Gasteiger partial charge in [0.05, 0.1) is 0 Å². The Morgan fingerprint density at radius 3 is 2.65 bits per heavy atom. The molecule has 0 aliphatic heterocycles. The van der Waals surface area contributed by atoms with Crippen LogP contribution in [-0.4, -0.2) is 16.7 Å². The zero-order valence-electron chi connectivity index (χ0n) is 11.3. The van der Waals surface area contributed by atoms with Gasteiger partial charge in [0.1, 0.15) is 0 Å². The lowest BCUT2D eigenvalue weighted by molar-refractivity contribution is 0.299. The van der Waals surface area contributed by atoms with Crippen LogP contribution >= 0.6 is 0 Å². The number of rotatable bonds is 5. The predicted molar refractivity (Wildman–Crippen MR) is 82.9 cm³/mol. The highest BCUT2D eigenvalue weighted by atomic mass is 16.2. The first-order chi connectivity index (χ1) is 9.86. The normalized spacial score (nSPS) is 10.8. The van der Waals surface area contributed by atoms with E-state index < -0.39 is 0 Å². The topological polar surface area (TPSA) is 48.0 Å². The molecule has 0 bridgehead atoms. The average molecular weight is 266 g/mol. The SMILES string of the molecule is OCCc1ccc(NCc2cccc3[nH]ccc23)cc1. The third-order valence-corrected chi connectivity index (χ3v) is 3.52. The third kappa shape index (κ3) is 2.68. The molecule has 0 aliphatic carbocycles. The van der Waals surface area contributed by atoms with E-state index in [9.17, 15) is 0 Å². The number of aliphatic hydroxyl groups excluding tert-OH is 1. The van der Waals surface area contributed by atoms with Gasteiger partial charge in [-0.2, -0.15) is 0 Å². The molecule has 1 aromatic heterocycles. The summed E-state index contributed by atoms with van der Waals surface area (Å²) < 4.78 is 0. The van der Waals surface area contributed by atoms with E-state index in [0.717, 1.165) is 17.8 Å². The van der Waals surface area contributed by atoms with Gasteiger partial charge in [-0.1, -0.05) is 24.3 Å². The van der Waals surface area contributed by atoms with Gasteiger partial charge in [0.25, 0.3) is 0 Å². The van der Waals surface area contributed by atoms with Crippen molar-refractivity contribution >= 4 is 16.6 Å². The first-order valence-electron chi connectivity index (χ1n) is 6.85. The van der Waals surface area contributed by atoms with Gasteiger partial charge >= 0.3 is 0 Å². The molecule has 0 radical (unpaired) electrons. The number of aromatic amines is 1. The summed E-state index contributed by atoms with van der Waals surface area (Å²) in [5, 5.41) is 13.6. The number of anilines is 1. The lowest BCUT2D eigenvalue weighted by Gasteiger charge is -2.08. The molecule has 2 aromatic carbocycles. The van der Waals surface area contributed by atoms with Crippen LogP contribution in [0.4, 0.5) is 5.69 Å². The molecule has 0 spiro atoms. The van der Waals surface area contributed by atoms with Crippen molar-refractivity contribution in [3.63, 3.8) is 0 Å². The van der Waals surface area contributed by atoms with Crippen LogP contribution in [-0.2, 0) is 13.0 Å². The minimum atomic E-state index is 0.197. The number of aliphatic hydroxyl groups is 1. The fourth-order valence-electron chi connectivity index (χ4n) is 2.42. The van der Waals surface area contributed by atoms with Gasteiger partial charge in [0.15, 0.2) is 0 Å². The fraction of sp³-hybridized carbons (Fsp3) is 0.176. The number of nitrogens with one attached hydrogen (secondary N) is 2. The molecule has 0 saturated carbocycles. The highest BCUT2D eigenvalue weighted by Crippen LogP contribution is 2.19. The lowest BCUT2D eigenvalue weighted by atomic mass is 10.1. The molecule has 102 valence electrons. The van der Waals surface area contributed by atoms with E-state index >= 15 is 0 Å². The summed E-state index contributed by atoms with van der Waals surface area (Å²) in [6, 6.07) is 16.6. The Kier molecular flexibility index (Phi) is 3.70. The van der Waals surface area contributed by atoms with Crippen molar-refractivity contribution in [2.24, 2.45) is 0 Å². The fourth-order valence-corrected chi connectivity index (χ4v) is 2.42. The van der Waals surface area contributed by atoms with Gasteiger partial charge in [-0.25, -0.2) is 0 Å². The summed E-state index contributed by atoms with van der Waals surface area (Å²) in [7, 11) is 0. The number of fused-ring (bicyclic) bond motifs is 1. The molecular weight excluding hydrogens is 248 g/mol. The van der Waals surface area contributed by atoms with Gasteiger partial charge < -0.3 is 15.4 Å². The maximum atomic E-state index is 8.90.